The van der Waals surface area contributed by atoms with Crippen LogP contribution in [0.1, 0.15) is 39.0 Å². The van der Waals surface area contributed by atoms with Crippen molar-refractivity contribution in [1.29, 1.82) is 0 Å². The maximum Gasteiger partial charge on any atom is 0.178 e. The third-order valence-corrected chi connectivity index (χ3v) is 4.89. The van der Waals surface area contributed by atoms with E-state index in [4.69, 9.17) is 12.2 Å². The van der Waals surface area contributed by atoms with Gasteiger partial charge in [-0.2, -0.15) is 0 Å². The molecule has 0 aliphatic heterocycles. The Morgan fingerprint density at radius 3 is 2.72 bits per heavy atom. The Hall–Kier alpha value is -0.610. The van der Waals surface area contributed by atoms with Crippen LogP contribution in [0, 0.1) is 4.77 Å². The van der Waals surface area contributed by atoms with E-state index in [1.165, 1.54) is 37.6 Å². The van der Waals surface area contributed by atoms with Crippen LogP contribution in [0.2, 0.25) is 0 Å². The number of hydrogen-bond donors (Lipinski definition) is 1. The van der Waals surface area contributed by atoms with Crippen LogP contribution in [0.4, 0.5) is 0 Å². The minimum atomic E-state index is 0.175. The predicted octanol–water partition coefficient (Wildman–Crippen LogP) is 5.14. The first-order valence-corrected chi connectivity index (χ1v) is 7.71. The van der Waals surface area contributed by atoms with E-state index in [2.05, 4.69) is 50.6 Å². The van der Waals surface area contributed by atoms with Gasteiger partial charge in [0.1, 0.15) is 0 Å². The summed E-state index contributed by atoms with van der Waals surface area (Å²) in [5, 5.41) is 0. The summed E-state index contributed by atoms with van der Waals surface area (Å²) in [6, 6.07) is 6.32. The Morgan fingerprint density at radius 2 is 2.00 bits per heavy atom. The molecule has 0 saturated heterocycles. The number of rotatable bonds is 1. The molecule has 0 unspecified atom stereocenters. The van der Waals surface area contributed by atoms with Gasteiger partial charge >= 0.3 is 0 Å². The summed E-state index contributed by atoms with van der Waals surface area (Å²) in [4.78, 5) is 3.33. The average Bonchev–Trinajstić information content (AvgIpc) is 2.66. The van der Waals surface area contributed by atoms with E-state index in [-0.39, 0.29) is 5.54 Å². The summed E-state index contributed by atoms with van der Waals surface area (Å²) >= 11 is 9.10. The summed E-state index contributed by atoms with van der Waals surface area (Å²) in [5.74, 6) is 0. The van der Waals surface area contributed by atoms with Gasteiger partial charge in [-0.3, -0.25) is 0 Å². The molecule has 0 bridgehead atoms. The molecule has 1 aromatic heterocycles. The summed E-state index contributed by atoms with van der Waals surface area (Å²) in [5.41, 5.74) is 2.53. The van der Waals surface area contributed by atoms with E-state index in [1.54, 1.807) is 0 Å². The van der Waals surface area contributed by atoms with Gasteiger partial charge in [0.25, 0.3) is 0 Å². The van der Waals surface area contributed by atoms with E-state index < -0.39 is 0 Å². The van der Waals surface area contributed by atoms with Crippen molar-refractivity contribution in [2.24, 2.45) is 0 Å². The maximum atomic E-state index is 5.54. The highest BCUT2D eigenvalue weighted by Gasteiger charge is 2.30. The maximum absolute atomic E-state index is 5.54. The molecule has 0 atom stereocenters. The molecule has 1 heterocycles. The minimum absolute atomic E-state index is 0.175. The van der Waals surface area contributed by atoms with Crippen molar-refractivity contribution in [3.8, 4) is 0 Å². The van der Waals surface area contributed by atoms with Crippen molar-refractivity contribution >= 4 is 39.2 Å². The second-order valence-corrected chi connectivity index (χ2v) is 6.79. The van der Waals surface area contributed by atoms with Crippen LogP contribution in [-0.4, -0.2) is 9.55 Å². The van der Waals surface area contributed by atoms with Crippen molar-refractivity contribution in [2.45, 2.75) is 44.6 Å². The molecule has 0 spiro atoms. The molecule has 3 rings (SSSR count). The second-order valence-electron chi connectivity index (χ2n) is 5.48. The summed E-state index contributed by atoms with van der Waals surface area (Å²) in [6.07, 6.45) is 6.41. The summed E-state index contributed by atoms with van der Waals surface area (Å²) in [6.45, 7) is 2.34. The lowest BCUT2D eigenvalue weighted by Gasteiger charge is -2.35. The van der Waals surface area contributed by atoms with E-state index >= 15 is 0 Å². The quantitative estimate of drug-likeness (QED) is 0.720. The van der Waals surface area contributed by atoms with Crippen molar-refractivity contribution in [2.75, 3.05) is 0 Å². The molecule has 1 aliphatic rings. The largest absolute Gasteiger partial charge is 0.331 e. The van der Waals surface area contributed by atoms with E-state index in [0.29, 0.717) is 0 Å². The Bertz CT molecular complexity index is 635. The van der Waals surface area contributed by atoms with Gasteiger partial charge in [-0.25, -0.2) is 0 Å². The molecule has 4 heteroatoms. The van der Waals surface area contributed by atoms with Crippen molar-refractivity contribution in [3.05, 3.63) is 27.4 Å². The van der Waals surface area contributed by atoms with E-state index in [0.717, 1.165) is 14.8 Å². The first-order valence-electron chi connectivity index (χ1n) is 6.51. The normalized spacial score (nSPS) is 19.2. The van der Waals surface area contributed by atoms with Gasteiger partial charge < -0.3 is 9.55 Å². The number of imidazole rings is 1. The zero-order chi connectivity index (χ0) is 12.8. The fraction of sp³-hybridized carbons (Fsp3) is 0.500. The molecule has 1 saturated carbocycles. The van der Waals surface area contributed by atoms with Crippen molar-refractivity contribution in [3.63, 3.8) is 0 Å². The van der Waals surface area contributed by atoms with E-state index in [9.17, 15) is 0 Å². The lowest BCUT2D eigenvalue weighted by Crippen LogP contribution is -2.32. The van der Waals surface area contributed by atoms with Gasteiger partial charge in [0.2, 0.25) is 0 Å². The Kier molecular flexibility index (Phi) is 3.10. The molecular weight excluding hydrogens is 308 g/mol. The van der Waals surface area contributed by atoms with Crippen molar-refractivity contribution in [1.82, 2.24) is 9.55 Å². The lowest BCUT2D eigenvalue weighted by atomic mass is 9.83. The van der Waals surface area contributed by atoms with Crippen LogP contribution in [0.25, 0.3) is 11.0 Å². The Balaban J connectivity index is 2.24. The van der Waals surface area contributed by atoms with Gasteiger partial charge in [-0.1, -0.05) is 35.2 Å². The highest BCUT2D eigenvalue weighted by molar-refractivity contribution is 9.10. The molecule has 96 valence electrons. The summed E-state index contributed by atoms with van der Waals surface area (Å²) < 4.78 is 4.30. The van der Waals surface area contributed by atoms with E-state index in [1.807, 2.05) is 0 Å². The molecule has 0 radical (unpaired) electrons. The van der Waals surface area contributed by atoms with Crippen LogP contribution >= 0.6 is 28.1 Å². The zero-order valence-corrected chi connectivity index (χ0v) is 12.9. The standard InChI is InChI=1S/C14H17BrN2S/c1-14(7-3-2-4-8-14)17-12-9-10(15)5-6-11(12)16-13(17)18/h5-6,9H,2-4,7-8H2,1H3,(H,16,18). The molecule has 1 N–H and O–H groups in total. The molecule has 1 aliphatic carbocycles. The monoisotopic (exact) mass is 324 g/mol. The van der Waals surface area contributed by atoms with Gasteiger partial charge in [0.15, 0.2) is 4.77 Å². The number of aromatic amines is 1. The number of hydrogen-bond acceptors (Lipinski definition) is 1. The highest BCUT2D eigenvalue weighted by atomic mass is 79.9. The molecular formula is C14H17BrN2S. The minimum Gasteiger partial charge on any atom is -0.331 e. The third-order valence-electron chi connectivity index (χ3n) is 4.12. The van der Waals surface area contributed by atoms with Crippen LogP contribution < -0.4 is 0 Å². The second kappa shape index (κ2) is 4.49. The van der Waals surface area contributed by atoms with Gasteiger partial charge in [0.05, 0.1) is 11.0 Å². The molecule has 2 nitrogen and oxygen atoms in total. The van der Waals surface area contributed by atoms with Gasteiger partial charge in [-0.15, -0.1) is 0 Å². The van der Waals surface area contributed by atoms with Crippen LogP contribution in [0.3, 0.4) is 0 Å². The number of nitrogens with zero attached hydrogens (tertiary/aromatic N) is 1. The number of H-pyrrole nitrogens is 1. The lowest BCUT2D eigenvalue weighted by molar-refractivity contribution is 0.222. The van der Waals surface area contributed by atoms with Crippen molar-refractivity contribution < 1.29 is 0 Å². The molecule has 2 aromatic rings. The Morgan fingerprint density at radius 1 is 1.28 bits per heavy atom. The van der Waals surface area contributed by atoms with Gasteiger partial charge in [0, 0.05) is 10.0 Å². The highest BCUT2D eigenvalue weighted by Crippen LogP contribution is 2.37. The molecule has 0 amide bonds. The third kappa shape index (κ3) is 1.95. The SMILES string of the molecule is CC1(n2c(=S)[nH]c3ccc(Br)cc32)CCCCC1. The number of nitrogens with one attached hydrogen (secondary N) is 1. The zero-order valence-electron chi connectivity index (χ0n) is 10.5. The first kappa shape index (κ1) is 12.4. The molecule has 18 heavy (non-hydrogen) atoms. The van der Waals surface area contributed by atoms with Crippen LogP contribution in [0.15, 0.2) is 22.7 Å². The van der Waals surface area contributed by atoms with Gasteiger partial charge in [-0.05, 0) is 50.2 Å². The topological polar surface area (TPSA) is 20.7 Å². The summed E-state index contributed by atoms with van der Waals surface area (Å²) in [7, 11) is 0. The number of benzene rings is 1. The van der Waals surface area contributed by atoms with Crippen LogP contribution in [-0.2, 0) is 5.54 Å². The Labute approximate surface area is 121 Å². The fourth-order valence-electron chi connectivity index (χ4n) is 3.15. The smallest absolute Gasteiger partial charge is 0.178 e. The number of aromatic nitrogens is 2. The molecule has 1 fully saturated rings. The molecule has 1 aromatic carbocycles. The number of fused-ring (bicyclic) bond motifs is 1. The predicted molar refractivity (Wildman–Crippen MR) is 81.6 cm³/mol. The fourth-order valence-corrected chi connectivity index (χ4v) is 3.93. The van der Waals surface area contributed by atoms with Crippen LogP contribution in [0.5, 0.6) is 0 Å². The first-order chi connectivity index (χ1) is 8.60. The number of halogens is 1. The average molecular weight is 325 g/mol.